The summed E-state index contributed by atoms with van der Waals surface area (Å²) in [6.07, 6.45) is 4.06. The number of aliphatic hydroxyl groups excluding tert-OH is 7. The minimum absolute atomic E-state index is 0.00747. The van der Waals surface area contributed by atoms with E-state index in [9.17, 15) is 35.4 Å². The maximum absolute atomic E-state index is 10.6. The van der Waals surface area contributed by atoms with Crippen LogP contribution in [-0.2, 0) is 31.0 Å². The molecule has 0 aliphatic heterocycles. The lowest BCUT2D eigenvalue weighted by Crippen LogP contribution is -2.49. The van der Waals surface area contributed by atoms with Crippen molar-refractivity contribution in [2.24, 2.45) is 17.8 Å². The van der Waals surface area contributed by atoms with Gasteiger partial charge in [0.2, 0.25) is 0 Å². The van der Waals surface area contributed by atoms with Crippen molar-refractivity contribution in [2.75, 3.05) is 86.4 Å². The molecule has 37 heavy (non-hydrogen) atoms. The SMILES string of the molecule is CO.O=CCCCc1cn(C(COCC(CO)CO)(COCC(CO)CO)COCC(CO)CO)nn1. The normalized spacial score (nSPS) is 11.9. The van der Waals surface area contributed by atoms with Crippen LogP contribution in [0, 0.1) is 17.8 Å². The summed E-state index contributed by atoms with van der Waals surface area (Å²) in [4.78, 5) is 10.6. The molecule has 0 aliphatic rings. The Morgan fingerprint density at radius 2 is 1.22 bits per heavy atom. The highest BCUT2D eigenvalue weighted by atomic mass is 16.5. The van der Waals surface area contributed by atoms with Gasteiger partial charge in [-0.3, -0.25) is 0 Å². The molecule has 1 heterocycles. The zero-order valence-electron chi connectivity index (χ0n) is 21.6. The Kier molecular flexibility index (Phi) is 21.4. The van der Waals surface area contributed by atoms with Gasteiger partial charge in [-0.25, -0.2) is 4.68 Å². The average molecular weight is 540 g/mol. The molecule has 0 unspecified atom stereocenters. The van der Waals surface area contributed by atoms with Crippen molar-refractivity contribution in [2.45, 2.75) is 24.8 Å². The van der Waals surface area contributed by atoms with E-state index >= 15 is 0 Å². The van der Waals surface area contributed by atoms with E-state index in [2.05, 4.69) is 10.3 Å². The summed E-state index contributed by atoms with van der Waals surface area (Å²) < 4.78 is 19.0. The first kappa shape index (κ1) is 35.4. The predicted octanol–water partition coefficient (Wildman–Crippen LogP) is -3.04. The molecule has 0 atom stereocenters. The van der Waals surface area contributed by atoms with Crippen LogP contribution in [0.5, 0.6) is 0 Å². The van der Waals surface area contributed by atoms with Gasteiger partial charge in [0.15, 0.2) is 0 Å². The number of nitrogens with zero attached hydrogens (tertiary/aromatic N) is 3. The number of carbonyl (C=O) groups excluding carboxylic acids is 1. The zero-order chi connectivity index (χ0) is 27.9. The molecule has 0 spiro atoms. The van der Waals surface area contributed by atoms with Crippen molar-refractivity contribution < 1.29 is 54.8 Å². The molecule has 7 N–H and O–H groups in total. The van der Waals surface area contributed by atoms with Crippen LogP contribution in [-0.4, -0.2) is 143 Å². The number of aryl methyl sites for hydroxylation is 1. The Bertz CT molecular complexity index is 608. The maximum Gasteiger partial charge on any atom is 0.134 e. The second-order valence-electron chi connectivity index (χ2n) is 8.68. The van der Waals surface area contributed by atoms with Gasteiger partial charge in [-0.1, -0.05) is 5.21 Å². The highest BCUT2D eigenvalue weighted by molar-refractivity contribution is 5.49. The molecule has 218 valence electrons. The molecule has 0 amide bonds. The topological polar surface area (TPSA) is 217 Å². The van der Waals surface area contributed by atoms with E-state index in [1.165, 1.54) is 4.68 Å². The summed E-state index contributed by atoms with van der Waals surface area (Å²) in [5, 5.41) is 71.5. The van der Waals surface area contributed by atoms with Gasteiger partial charge < -0.3 is 54.8 Å². The summed E-state index contributed by atoms with van der Waals surface area (Å²) in [7, 11) is 1.00. The van der Waals surface area contributed by atoms with Gasteiger partial charge in [-0.05, 0) is 12.8 Å². The third-order valence-corrected chi connectivity index (χ3v) is 5.50. The Morgan fingerprint density at radius 1 is 0.811 bits per heavy atom. The van der Waals surface area contributed by atoms with Crippen molar-refractivity contribution in [3.05, 3.63) is 11.9 Å². The summed E-state index contributed by atoms with van der Waals surface area (Å²) in [6.45, 7) is -1.41. The van der Waals surface area contributed by atoms with Crippen LogP contribution in [0.1, 0.15) is 18.5 Å². The Hall–Kier alpha value is -1.59. The molecule has 0 fully saturated rings. The molecule has 14 nitrogen and oxygen atoms in total. The fourth-order valence-corrected chi connectivity index (χ4v) is 3.07. The standard InChI is InChI=1S/C22H41N3O10.CH4O/c26-4-2-1-3-21-5-25(24-23-21)22(15-33-12-18(6-27)7-28,16-34-13-19(8-29)9-30)17-35-14-20(10-31)11-32;1-2/h4-5,18-20,27-32H,1-3,6-17H2;2H,1H3. The van der Waals surface area contributed by atoms with Crippen molar-refractivity contribution in [1.82, 2.24) is 15.0 Å². The second kappa shape index (κ2) is 22.4. The largest absolute Gasteiger partial charge is 0.400 e. The fourth-order valence-electron chi connectivity index (χ4n) is 3.07. The number of aromatic nitrogens is 3. The number of hydrogen-bond acceptors (Lipinski definition) is 13. The van der Waals surface area contributed by atoms with Crippen LogP contribution in [0.15, 0.2) is 6.20 Å². The molecule has 0 aliphatic carbocycles. The van der Waals surface area contributed by atoms with E-state index in [1.807, 2.05) is 0 Å². The van der Waals surface area contributed by atoms with E-state index in [0.717, 1.165) is 13.4 Å². The summed E-state index contributed by atoms with van der Waals surface area (Å²) in [6, 6.07) is 0. The first-order valence-electron chi connectivity index (χ1n) is 12.2. The quantitative estimate of drug-likeness (QED) is 0.0544. The van der Waals surface area contributed by atoms with Gasteiger partial charge in [0, 0.05) is 37.5 Å². The Morgan fingerprint density at radius 3 is 1.57 bits per heavy atom. The second-order valence-corrected chi connectivity index (χ2v) is 8.68. The van der Waals surface area contributed by atoms with Gasteiger partial charge in [-0.2, -0.15) is 0 Å². The molecule has 0 bridgehead atoms. The number of ether oxygens (including phenoxy) is 3. The third kappa shape index (κ3) is 13.7. The lowest BCUT2D eigenvalue weighted by molar-refractivity contribution is -0.107. The van der Waals surface area contributed by atoms with Gasteiger partial charge in [0.1, 0.15) is 11.8 Å². The third-order valence-electron chi connectivity index (χ3n) is 5.50. The molecule has 0 saturated carbocycles. The molecule has 1 aromatic rings. The monoisotopic (exact) mass is 539 g/mol. The molecule has 14 heteroatoms. The van der Waals surface area contributed by atoms with E-state index in [0.29, 0.717) is 25.0 Å². The molecular formula is C23H45N3O11. The van der Waals surface area contributed by atoms with E-state index < -0.39 is 23.3 Å². The van der Waals surface area contributed by atoms with Gasteiger partial charge in [0.05, 0.1) is 85.0 Å². The van der Waals surface area contributed by atoms with Crippen LogP contribution in [0.3, 0.4) is 0 Å². The lowest BCUT2D eigenvalue weighted by Gasteiger charge is -2.34. The Labute approximate surface area is 217 Å². The first-order valence-corrected chi connectivity index (χ1v) is 12.2. The van der Waals surface area contributed by atoms with E-state index in [1.54, 1.807) is 6.20 Å². The lowest BCUT2D eigenvalue weighted by atomic mass is 10.0. The number of aliphatic hydroxyl groups is 7. The van der Waals surface area contributed by atoms with Crippen LogP contribution in [0.2, 0.25) is 0 Å². The minimum Gasteiger partial charge on any atom is -0.400 e. The van der Waals surface area contributed by atoms with Crippen molar-refractivity contribution in [1.29, 1.82) is 0 Å². The van der Waals surface area contributed by atoms with Gasteiger partial charge >= 0.3 is 0 Å². The van der Waals surface area contributed by atoms with Gasteiger partial charge in [-0.15, -0.1) is 5.10 Å². The summed E-state index contributed by atoms with van der Waals surface area (Å²) >= 11 is 0. The zero-order valence-corrected chi connectivity index (χ0v) is 21.6. The van der Waals surface area contributed by atoms with Crippen LogP contribution < -0.4 is 0 Å². The maximum atomic E-state index is 10.6. The van der Waals surface area contributed by atoms with Crippen molar-refractivity contribution in [3.8, 4) is 0 Å². The number of aldehydes is 1. The predicted molar refractivity (Wildman–Crippen MR) is 131 cm³/mol. The number of hydrogen-bond donors (Lipinski definition) is 7. The molecule has 0 radical (unpaired) electrons. The molecule has 1 aromatic heterocycles. The summed E-state index contributed by atoms with van der Waals surface area (Å²) in [5.74, 6) is -1.44. The average Bonchev–Trinajstić information content (AvgIpc) is 3.42. The smallest absolute Gasteiger partial charge is 0.134 e. The van der Waals surface area contributed by atoms with E-state index in [4.69, 9.17) is 19.3 Å². The van der Waals surface area contributed by atoms with Gasteiger partial charge in [0.25, 0.3) is 0 Å². The highest BCUT2D eigenvalue weighted by Gasteiger charge is 2.36. The fraction of sp³-hybridized carbons (Fsp3) is 0.870. The molecule has 1 rings (SSSR count). The van der Waals surface area contributed by atoms with Crippen LogP contribution in [0.4, 0.5) is 0 Å². The first-order chi connectivity index (χ1) is 18.0. The number of rotatable bonds is 23. The number of carbonyl (C=O) groups is 1. The molecule has 0 aromatic carbocycles. The van der Waals surface area contributed by atoms with Crippen molar-refractivity contribution in [3.63, 3.8) is 0 Å². The molecular weight excluding hydrogens is 494 g/mol. The Balaban J connectivity index is 0.00000631. The van der Waals surface area contributed by atoms with E-state index in [-0.39, 0.29) is 79.3 Å². The number of unbranched alkanes of at least 4 members (excludes halogenated alkanes) is 1. The summed E-state index contributed by atoms with van der Waals surface area (Å²) in [5.41, 5.74) is -0.428. The minimum atomic E-state index is -1.07. The van der Waals surface area contributed by atoms with Crippen LogP contribution >= 0.6 is 0 Å². The highest BCUT2D eigenvalue weighted by Crippen LogP contribution is 2.21. The molecule has 0 saturated heterocycles. The van der Waals surface area contributed by atoms with Crippen molar-refractivity contribution >= 4 is 6.29 Å². The van der Waals surface area contributed by atoms with Crippen LogP contribution in [0.25, 0.3) is 0 Å².